The van der Waals surface area contributed by atoms with Crippen molar-refractivity contribution in [1.82, 2.24) is 0 Å². The second-order valence-electron chi connectivity index (χ2n) is 7.64. The number of rotatable bonds is 7. The van der Waals surface area contributed by atoms with Crippen molar-refractivity contribution >= 4 is 34.5 Å². The highest BCUT2D eigenvalue weighted by Gasteiger charge is 2.33. The summed E-state index contributed by atoms with van der Waals surface area (Å²) in [5.41, 5.74) is 12.1. The summed E-state index contributed by atoms with van der Waals surface area (Å²) in [4.78, 5) is 20.1. The Kier molecular flexibility index (Phi) is 8.01. The number of thiocarbonyl (C=S) groups is 1. The van der Waals surface area contributed by atoms with Crippen LogP contribution in [0.5, 0.6) is 0 Å². The summed E-state index contributed by atoms with van der Waals surface area (Å²) in [6.45, 7) is 12.9. The fraction of sp³-hybridized carbons (Fsp3) is 0.522. The van der Waals surface area contributed by atoms with E-state index in [9.17, 15) is 9.90 Å². The quantitative estimate of drug-likeness (QED) is 0.368. The first-order valence-corrected chi connectivity index (χ1v) is 10.9. The van der Waals surface area contributed by atoms with E-state index in [1.165, 1.54) is 0 Å². The van der Waals surface area contributed by atoms with Gasteiger partial charge in [0.05, 0.1) is 11.3 Å². The Bertz CT molecular complexity index is 905. The smallest absolute Gasteiger partial charge is 0.170 e. The zero-order chi connectivity index (χ0) is 22.6. The maximum Gasteiger partial charge on any atom is 0.170 e. The lowest BCUT2D eigenvalue weighted by molar-refractivity contribution is -0.116. The van der Waals surface area contributed by atoms with E-state index in [-0.39, 0.29) is 17.5 Å². The number of hydrogen-bond donors (Lipinski definition) is 2. The third-order valence-electron chi connectivity index (χ3n) is 5.62. The summed E-state index contributed by atoms with van der Waals surface area (Å²) in [6, 6.07) is 2.10. The van der Waals surface area contributed by atoms with E-state index < -0.39 is 0 Å². The van der Waals surface area contributed by atoms with E-state index in [1.54, 1.807) is 0 Å². The lowest BCUT2D eigenvalue weighted by Crippen LogP contribution is -2.36. The molecule has 0 fully saturated rings. The van der Waals surface area contributed by atoms with Crippen molar-refractivity contribution in [2.75, 3.05) is 18.1 Å². The van der Waals surface area contributed by atoms with Gasteiger partial charge in [0.1, 0.15) is 12.4 Å². The van der Waals surface area contributed by atoms with Crippen LogP contribution in [0.15, 0.2) is 22.6 Å². The van der Waals surface area contributed by atoms with Gasteiger partial charge < -0.3 is 20.6 Å². The maximum absolute atomic E-state index is 13.0. The van der Waals surface area contributed by atoms with Gasteiger partial charge in [-0.2, -0.15) is 0 Å². The molecule has 0 saturated carbocycles. The Morgan fingerprint density at radius 1 is 1.27 bits per heavy atom. The van der Waals surface area contributed by atoms with Gasteiger partial charge in [-0.3, -0.25) is 4.79 Å². The number of carbonyl (C=O) groups is 1. The summed E-state index contributed by atoms with van der Waals surface area (Å²) in [5, 5.41) is 15.2. The summed E-state index contributed by atoms with van der Waals surface area (Å²) in [5.74, 6) is -0.137. The lowest BCUT2D eigenvalue weighted by atomic mass is 9.77. The topological polar surface area (TPSA) is 88.2 Å². The van der Waals surface area contributed by atoms with E-state index in [0.717, 1.165) is 27.9 Å². The number of hydrogen-bond acceptors (Lipinski definition) is 5. The van der Waals surface area contributed by atoms with Gasteiger partial charge in [0.25, 0.3) is 0 Å². The van der Waals surface area contributed by atoms with Crippen LogP contribution in [-0.2, 0) is 9.63 Å². The highest BCUT2D eigenvalue weighted by atomic mass is 32.1. The number of nitrogens with two attached hydrogens (primary N) is 1. The molecule has 164 valence electrons. The number of carbonyl (C=O) groups excluding carboxylic acids is 1. The predicted molar refractivity (Wildman–Crippen MR) is 126 cm³/mol. The summed E-state index contributed by atoms with van der Waals surface area (Å²) in [7, 11) is 0. The van der Waals surface area contributed by atoms with E-state index in [2.05, 4.69) is 11.2 Å². The number of allylic oxidation sites excluding steroid dienone is 2. The number of aliphatic hydroxyl groups is 1. The number of anilines is 1. The van der Waals surface area contributed by atoms with Gasteiger partial charge in [0.15, 0.2) is 10.9 Å². The van der Waals surface area contributed by atoms with Crippen LogP contribution < -0.4 is 10.6 Å². The van der Waals surface area contributed by atoms with Crippen molar-refractivity contribution in [1.29, 1.82) is 0 Å². The summed E-state index contributed by atoms with van der Waals surface area (Å²) < 4.78 is 0. The minimum atomic E-state index is -0.115. The van der Waals surface area contributed by atoms with E-state index in [0.29, 0.717) is 48.8 Å². The van der Waals surface area contributed by atoms with Crippen LogP contribution in [0.25, 0.3) is 0 Å². The molecule has 3 N–H and O–H groups in total. The second-order valence-corrected chi connectivity index (χ2v) is 8.06. The highest BCUT2D eigenvalue weighted by Crippen LogP contribution is 2.41. The monoisotopic (exact) mass is 431 g/mol. The van der Waals surface area contributed by atoms with Crippen LogP contribution in [0, 0.1) is 20.8 Å². The van der Waals surface area contributed by atoms with Gasteiger partial charge in [-0.05, 0) is 81.4 Å². The van der Waals surface area contributed by atoms with Crippen LogP contribution >= 0.6 is 12.2 Å². The number of oxime groups is 1. The van der Waals surface area contributed by atoms with Crippen molar-refractivity contribution in [2.45, 2.75) is 66.7 Å². The van der Waals surface area contributed by atoms with Crippen LogP contribution in [-0.4, -0.2) is 34.9 Å². The average molecular weight is 432 g/mol. The second kappa shape index (κ2) is 10.1. The molecule has 0 radical (unpaired) electrons. The minimum absolute atomic E-state index is 0.0826. The molecular formula is C23H33N3O3S. The predicted octanol–water partition coefficient (Wildman–Crippen LogP) is 4.74. The molecule has 0 spiro atoms. The fourth-order valence-corrected chi connectivity index (χ4v) is 4.73. The van der Waals surface area contributed by atoms with Crippen LogP contribution in [0.2, 0.25) is 0 Å². The largest absolute Gasteiger partial charge is 0.511 e. The Labute approximate surface area is 184 Å². The summed E-state index contributed by atoms with van der Waals surface area (Å²) in [6.07, 6.45) is 1.21. The van der Waals surface area contributed by atoms with E-state index >= 15 is 0 Å². The van der Waals surface area contributed by atoms with Gasteiger partial charge in [0.2, 0.25) is 0 Å². The first-order valence-electron chi connectivity index (χ1n) is 10.5. The molecule has 30 heavy (non-hydrogen) atoms. The summed E-state index contributed by atoms with van der Waals surface area (Å²) >= 11 is 5.26. The van der Waals surface area contributed by atoms with Crippen molar-refractivity contribution in [3.63, 3.8) is 0 Å². The number of aryl methyl sites for hydroxylation is 2. The van der Waals surface area contributed by atoms with Gasteiger partial charge >= 0.3 is 0 Å². The van der Waals surface area contributed by atoms with Crippen molar-refractivity contribution in [3.8, 4) is 0 Å². The molecule has 6 nitrogen and oxygen atoms in total. The standard InChI is InChI=1S/C23H33N3O3S/c1-7-17(25-29-9-3)21-18(27)11-16(12-19(21)28)20-13(4)10-14(5)22(15(20)6)26(8-2)23(24)30/h10,16,27H,7-9,11-12H2,1-6H3,(H2,24,30). The first kappa shape index (κ1) is 23.9. The zero-order valence-corrected chi connectivity index (χ0v) is 19.7. The lowest BCUT2D eigenvalue weighted by Gasteiger charge is -2.31. The molecule has 2 rings (SSSR count). The van der Waals surface area contributed by atoms with Gasteiger partial charge in [-0.25, -0.2) is 0 Å². The normalized spacial score (nSPS) is 17.3. The van der Waals surface area contributed by atoms with Crippen LogP contribution in [0.3, 0.4) is 0 Å². The first-order chi connectivity index (χ1) is 14.2. The van der Waals surface area contributed by atoms with Crippen LogP contribution in [0.4, 0.5) is 5.69 Å². The molecule has 1 aliphatic rings. The van der Waals surface area contributed by atoms with Crippen LogP contribution in [0.1, 0.15) is 68.2 Å². The Hall–Kier alpha value is -2.41. The Balaban J connectivity index is 2.54. The molecular weight excluding hydrogens is 398 g/mol. The number of Topliss-reactive ketones (excluding diaryl/α,β-unsaturated/α-hetero) is 1. The average Bonchev–Trinajstić information content (AvgIpc) is 2.66. The van der Waals surface area contributed by atoms with Crippen molar-refractivity contribution in [3.05, 3.63) is 39.7 Å². The molecule has 1 atom stereocenters. The van der Waals surface area contributed by atoms with Crippen molar-refractivity contribution < 1.29 is 14.7 Å². The molecule has 1 aliphatic carbocycles. The van der Waals surface area contributed by atoms with E-state index in [4.69, 9.17) is 22.8 Å². The van der Waals surface area contributed by atoms with E-state index in [1.807, 2.05) is 46.4 Å². The Morgan fingerprint density at radius 3 is 2.43 bits per heavy atom. The van der Waals surface area contributed by atoms with Gasteiger partial charge in [-0.1, -0.05) is 18.1 Å². The molecule has 0 bridgehead atoms. The molecule has 7 heteroatoms. The molecule has 0 aromatic heterocycles. The van der Waals surface area contributed by atoms with Gasteiger partial charge in [0, 0.05) is 25.1 Å². The Morgan fingerprint density at radius 2 is 1.93 bits per heavy atom. The minimum Gasteiger partial charge on any atom is -0.511 e. The number of nitrogens with zero attached hydrogens (tertiary/aromatic N) is 2. The third-order valence-corrected chi connectivity index (χ3v) is 5.84. The molecule has 0 aliphatic heterocycles. The number of ketones is 1. The molecule has 1 aromatic rings. The zero-order valence-electron chi connectivity index (χ0n) is 18.8. The SMILES string of the molecule is CCON=C(CC)C1=C(O)CC(c2c(C)cc(C)c(N(CC)C(N)=S)c2C)CC1=O. The van der Waals surface area contributed by atoms with Crippen molar-refractivity contribution in [2.24, 2.45) is 10.9 Å². The molecule has 1 unspecified atom stereocenters. The third kappa shape index (κ3) is 4.67. The molecule has 0 heterocycles. The van der Waals surface area contributed by atoms with Gasteiger partial charge in [-0.15, -0.1) is 0 Å². The fourth-order valence-electron chi connectivity index (χ4n) is 4.51. The number of aliphatic hydroxyl groups excluding tert-OH is 1. The maximum atomic E-state index is 13.0. The molecule has 1 aromatic carbocycles. The highest BCUT2D eigenvalue weighted by molar-refractivity contribution is 7.80. The molecule has 0 amide bonds. The number of benzene rings is 1. The molecule has 0 saturated heterocycles.